The Kier molecular flexibility index (Phi) is 8.70. The van der Waals surface area contributed by atoms with Gasteiger partial charge in [-0.2, -0.15) is 4.72 Å². The molecule has 0 aliphatic rings. The van der Waals surface area contributed by atoms with Crippen LogP contribution in [0.5, 0.6) is 0 Å². The molecule has 8 heteroatoms. The van der Waals surface area contributed by atoms with E-state index in [1.165, 1.54) is 6.07 Å². The van der Waals surface area contributed by atoms with Crippen molar-refractivity contribution in [3.05, 3.63) is 124 Å². The fourth-order valence-corrected chi connectivity index (χ4v) is 6.90. The number of rotatable bonds is 9. The van der Waals surface area contributed by atoms with E-state index in [-0.39, 0.29) is 22.5 Å². The van der Waals surface area contributed by atoms with E-state index in [2.05, 4.69) is 26.9 Å². The van der Waals surface area contributed by atoms with E-state index in [0.717, 1.165) is 44.5 Å². The number of para-hydroxylation sites is 1. The van der Waals surface area contributed by atoms with Crippen LogP contribution in [0.25, 0.3) is 10.9 Å². The smallest absolute Gasteiger partial charge is 0.250 e. The molecule has 0 bridgehead atoms. The third kappa shape index (κ3) is 7.14. The number of aryl methyl sites for hydroxylation is 1. The third-order valence-electron chi connectivity index (χ3n) is 6.89. The predicted octanol–water partition coefficient (Wildman–Crippen LogP) is 5.75. The van der Waals surface area contributed by atoms with Crippen molar-refractivity contribution < 1.29 is 13.2 Å². The lowest BCUT2D eigenvalue weighted by Gasteiger charge is -2.20. The molecule has 0 saturated heterocycles. The van der Waals surface area contributed by atoms with Gasteiger partial charge in [-0.25, -0.2) is 8.42 Å². The molecule has 2 heterocycles. The van der Waals surface area contributed by atoms with Gasteiger partial charge in [0.05, 0.1) is 4.88 Å². The second kappa shape index (κ2) is 12.6. The van der Waals surface area contributed by atoms with Crippen LogP contribution < -0.4 is 10.0 Å². The predicted molar refractivity (Wildman–Crippen MR) is 165 cm³/mol. The first-order chi connectivity index (χ1) is 19.8. The molecule has 6 nitrogen and oxygen atoms in total. The minimum Gasteiger partial charge on any atom is -0.361 e. The number of aromatic amines is 1. The number of amides is 1. The van der Waals surface area contributed by atoms with Crippen LogP contribution in [0, 0.1) is 18.8 Å². The maximum atomic E-state index is 13.5. The highest BCUT2D eigenvalue weighted by Crippen LogP contribution is 2.23. The van der Waals surface area contributed by atoms with Crippen LogP contribution in [-0.2, 0) is 21.2 Å². The molecule has 0 fully saturated rings. The average Bonchev–Trinajstić information content (AvgIpc) is 3.64. The lowest BCUT2D eigenvalue weighted by atomic mass is 10.0. The molecular weight excluding hydrogens is 551 g/mol. The van der Waals surface area contributed by atoms with E-state index in [1.54, 1.807) is 6.07 Å². The summed E-state index contributed by atoms with van der Waals surface area (Å²) in [5, 5.41) is 3.92. The van der Waals surface area contributed by atoms with Gasteiger partial charge in [-0.05, 0) is 60.7 Å². The van der Waals surface area contributed by atoms with Crippen LogP contribution in [-0.4, -0.2) is 31.9 Å². The Balaban J connectivity index is 1.35. The summed E-state index contributed by atoms with van der Waals surface area (Å²) >= 11 is 1.08. The average molecular weight is 582 g/mol. The lowest BCUT2D eigenvalue weighted by Crippen LogP contribution is -2.48. The van der Waals surface area contributed by atoms with Crippen molar-refractivity contribution in [3.63, 3.8) is 0 Å². The van der Waals surface area contributed by atoms with Gasteiger partial charge in [0.2, 0.25) is 5.91 Å². The van der Waals surface area contributed by atoms with Crippen LogP contribution in [0.3, 0.4) is 0 Å². The number of benzene rings is 3. The van der Waals surface area contributed by atoms with Crippen LogP contribution >= 0.6 is 11.3 Å². The van der Waals surface area contributed by atoms with E-state index in [1.807, 2.05) is 98.9 Å². The number of carbonyl (C=O) groups excluding carboxylic acids is 1. The molecule has 1 amide bonds. The van der Waals surface area contributed by atoms with E-state index in [0.29, 0.717) is 11.4 Å². The molecule has 208 valence electrons. The second-order valence-electron chi connectivity index (χ2n) is 10.0. The summed E-state index contributed by atoms with van der Waals surface area (Å²) < 4.78 is 29.8. The Labute approximate surface area is 244 Å². The number of hydrogen-bond donors (Lipinski definition) is 3. The minimum atomic E-state index is -3.99. The number of H-pyrrole nitrogens is 1. The summed E-state index contributed by atoms with van der Waals surface area (Å²) in [7, 11) is -3.99. The third-order valence-corrected chi connectivity index (χ3v) is 9.86. The highest BCUT2D eigenvalue weighted by atomic mass is 32.2. The normalized spacial score (nSPS) is 12.8. The molecule has 0 aliphatic heterocycles. The lowest BCUT2D eigenvalue weighted by molar-refractivity contribution is -0.122. The summed E-state index contributed by atoms with van der Waals surface area (Å²) in [4.78, 5) is 17.3. The molecule has 0 radical (unpaired) electrons. The summed E-state index contributed by atoms with van der Waals surface area (Å²) in [6.07, 6.45) is 2.02. The molecule has 0 spiro atoms. The Bertz CT molecular complexity index is 1810. The van der Waals surface area contributed by atoms with Crippen molar-refractivity contribution in [3.8, 4) is 11.8 Å². The zero-order chi connectivity index (χ0) is 28.8. The maximum absolute atomic E-state index is 13.5. The molecule has 41 heavy (non-hydrogen) atoms. The maximum Gasteiger partial charge on any atom is 0.250 e. The topological polar surface area (TPSA) is 91.1 Å². The Hall–Kier alpha value is -4.16. The van der Waals surface area contributed by atoms with E-state index in [9.17, 15) is 13.2 Å². The highest BCUT2D eigenvalue weighted by Gasteiger charge is 2.28. The van der Waals surface area contributed by atoms with Crippen LogP contribution in [0.15, 0.2) is 101 Å². The van der Waals surface area contributed by atoms with Crippen LogP contribution in [0.4, 0.5) is 0 Å². The molecule has 2 atom stereocenters. The fraction of sp³-hybridized carbons (Fsp3) is 0.182. The summed E-state index contributed by atoms with van der Waals surface area (Å²) in [5.41, 5.74) is 4.88. The number of nitrogens with one attached hydrogen (secondary N) is 3. The van der Waals surface area contributed by atoms with Gasteiger partial charge in [-0.1, -0.05) is 85.0 Å². The Morgan fingerprint density at radius 1 is 0.927 bits per heavy atom. The van der Waals surface area contributed by atoms with Gasteiger partial charge in [0.25, 0.3) is 10.0 Å². The fourth-order valence-electron chi connectivity index (χ4n) is 4.53. The molecule has 3 aromatic carbocycles. The molecule has 0 aliphatic carbocycles. The zero-order valence-electron chi connectivity index (χ0n) is 22.8. The Morgan fingerprint density at radius 2 is 1.66 bits per heavy atom. The van der Waals surface area contributed by atoms with Crippen molar-refractivity contribution in [1.82, 2.24) is 15.0 Å². The first-order valence-electron chi connectivity index (χ1n) is 13.4. The van der Waals surface area contributed by atoms with E-state index in [4.69, 9.17) is 0 Å². The van der Waals surface area contributed by atoms with Crippen LogP contribution in [0.2, 0.25) is 0 Å². The van der Waals surface area contributed by atoms with Gasteiger partial charge in [-0.15, -0.1) is 11.3 Å². The van der Waals surface area contributed by atoms with Gasteiger partial charge in [-0.3, -0.25) is 4.79 Å². The summed E-state index contributed by atoms with van der Waals surface area (Å²) in [6, 6.07) is 27.7. The van der Waals surface area contributed by atoms with E-state index < -0.39 is 16.1 Å². The summed E-state index contributed by atoms with van der Waals surface area (Å²) in [6.45, 7) is 4.42. The zero-order valence-corrected chi connectivity index (χ0v) is 24.5. The number of sulfonamides is 1. The molecule has 0 saturated carbocycles. The number of fused-ring (bicyclic) bond motifs is 1. The van der Waals surface area contributed by atoms with Crippen molar-refractivity contribution in [1.29, 1.82) is 0 Å². The first kappa shape index (κ1) is 28.4. The van der Waals surface area contributed by atoms with Gasteiger partial charge < -0.3 is 10.3 Å². The molecule has 5 rings (SSSR count). The summed E-state index contributed by atoms with van der Waals surface area (Å²) in [5.74, 6) is 5.81. The van der Waals surface area contributed by atoms with Crippen molar-refractivity contribution in [2.75, 3.05) is 6.54 Å². The molecule has 3 N–H and O–H groups in total. The van der Waals surface area contributed by atoms with Gasteiger partial charge >= 0.3 is 0 Å². The number of carbonyl (C=O) groups is 1. The number of aromatic nitrogens is 1. The molecular formula is C33H31N3O3S2. The van der Waals surface area contributed by atoms with Crippen molar-refractivity contribution in [2.24, 2.45) is 0 Å². The van der Waals surface area contributed by atoms with Gasteiger partial charge in [0.15, 0.2) is 0 Å². The van der Waals surface area contributed by atoms with Crippen molar-refractivity contribution in [2.45, 2.75) is 36.4 Å². The first-order valence-corrected chi connectivity index (χ1v) is 15.7. The molecule has 0 unspecified atom stereocenters. The van der Waals surface area contributed by atoms with E-state index >= 15 is 0 Å². The van der Waals surface area contributed by atoms with Crippen LogP contribution in [0.1, 0.15) is 40.0 Å². The molecule has 5 aromatic rings. The monoisotopic (exact) mass is 581 g/mol. The quantitative estimate of drug-likeness (QED) is 0.194. The van der Waals surface area contributed by atoms with Crippen molar-refractivity contribution >= 4 is 38.2 Å². The standard InChI is InChI=1S/C33H31N3O3S2/c1-23-12-14-25(15-13-23)16-17-28-18-19-32(40-28)41(38,39)36-31(20-27-22-34-30-11-7-6-10-29(27)30)33(37)35-21-24(2)26-8-4-3-5-9-26/h3-15,18-19,22,24,31,34,36H,20-21H2,1-2H3,(H,35,37)/t24-,31+/m0/s1. The largest absolute Gasteiger partial charge is 0.361 e. The SMILES string of the molecule is Cc1ccc(C#Cc2ccc(S(=O)(=O)N[C@H](Cc3c[nH]c4ccccc34)C(=O)NC[C@H](C)c3ccccc3)s2)cc1. The highest BCUT2D eigenvalue weighted by molar-refractivity contribution is 7.91. The number of thiophene rings is 1. The second-order valence-corrected chi connectivity index (χ2v) is 13.1. The van der Waals surface area contributed by atoms with Gasteiger partial charge in [0, 0.05) is 29.2 Å². The minimum absolute atomic E-state index is 0.0671. The Morgan fingerprint density at radius 3 is 2.44 bits per heavy atom. The number of hydrogen-bond acceptors (Lipinski definition) is 4. The molecule has 2 aromatic heterocycles. The van der Waals surface area contributed by atoms with Gasteiger partial charge in [0.1, 0.15) is 10.3 Å².